The first-order chi connectivity index (χ1) is 35.9. The summed E-state index contributed by atoms with van der Waals surface area (Å²) in [7, 11) is 5.71. The number of carbonyl (C=O) groups is 1. The van der Waals surface area contributed by atoms with Crippen LogP contribution >= 0.6 is 0 Å². The third kappa shape index (κ3) is 10.2. The number of benzene rings is 4. The standard InChI is InChI=1S/C31H32N6O2.C29H29N5/c1-36-13-7-21-5-6-23(16-28(21)36)26-17-25(18-27-31(26)34-12-11-33-27)35-30(24-4-3-10-32-19-24)22-8-14-37(15-9-22)29(38)20-39-2;1-34-15-11-20-9-10-22(16-27(20)34)25-17-24(18-26-29(25)32-14-13-31-26)33-28(21-6-3-2-4-7-21)23-8-5-12-30-19-23/h3-7,10-13,16-19,22,30,35H,8-9,14-15,20H2,1-2H3;5,8-19,21,28,33H,2-4,6-7H2,1H3. The number of pyridine rings is 2. The van der Waals surface area contributed by atoms with Gasteiger partial charge < -0.3 is 29.4 Å². The minimum atomic E-state index is 0.0377. The first kappa shape index (κ1) is 47.3. The molecule has 4 aromatic carbocycles. The van der Waals surface area contributed by atoms with Crippen LogP contribution < -0.4 is 10.6 Å². The fourth-order valence-corrected chi connectivity index (χ4v) is 11.2. The van der Waals surface area contributed by atoms with Gasteiger partial charge in [0.25, 0.3) is 0 Å². The summed E-state index contributed by atoms with van der Waals surface area (Å²) in [4.78, 5) is 41.9. The third-order valence-corrected chi connectivity index (χ3v) is 15.0. The summed E-state index contributed by atoms with van der Waals surface area (Å²) in [6, 6.07) is 34.7. The van der Waals surface area contributed by atoms with Gasteiger partial charge in [0.1, 0.15) is 6.61 Å². The van der Waals surface area contributed by atoms with Crippen LogP contribution in [0.2, 0.25) is 0 Å². The van der Waals surface area contributed by atoms with Gasteiger partial charge in [-0.25, -0.2) is 0 Å². The number of hydrogen-bond acceptors (Lipinski definition) is 10. The van der Waals surface area contributed by atoms with Crippen molar-refractivity contribution in [2.75, 3.05) is 37.4 Å². The first-order valence-electron chi connectivity index (χ1n) is 25.6. The summed E-state index contributed by atoms with van der Waals surface area (Å²) in [6.07, 6.45) is 27.0. The molecule has 13 nitrogen and oxygen atoms in total. The lowest BCUT2D eigenvalue weighted by atomic mass is 9.81. The number of nitrogens with zero attached hydrogens (tertiary/aromatic N) is 9. The highest BCUT2D eigenvalue weighted by molar-refractivity contribution is 5.98. The molecular weight excluding hydrogens is 907 g/mol. The second-order valence-corrected chi connectivity index (χ2v) is 19.7. The Bertz CT molecular complexity index is 3510. The molecule has 2 atom stereocenters. The summed E-state index contributed by atoms with van der Waals surface area (Å²) >= 11 is 0. The lowest BCUT2D eigenvalue weighted by Gasteiger charge is -2.37. The number of likely N-dealkylation sites (tertiary alicyclic amines) is 1. The van der Waals surface area contributed by atoms with Gasteiger partial charge in [-0.3, -0.25) is 34.7 Å². The van der Waals surface area contributed by atoms with Crippen LogP contribution in [0, 0.1) is 11.8 Å². The maximum atomic E-state index is 12.4. The van der Waals surface area contributed by atoms with Crippen LogP contribution in [0.25, 0.3) is 66.1 Å². The number of piperidine rings is 1. The highest BCUT2D eigenvalue weighted by atomic mass is 16.5. The van der Waals surface area contributed by atoms with E-state index in [-0.39, 0.29) is 24.6 Å². The van der Waals surface area contributed by atoms with Crippen LogP contribution in [0.15, 0.2) is 159 Å². The molecular formula is C60H61N11O2. The minimum absolute atomic E-state index is 0.0377. The Morgan fingerprint density at radius 1 is 0.589 bits per heavy atom. The second kappa shape index (κ2) is 21.4. The fourth-order valence-electron chi connectivity index (χ4n) is 11.2. The molecule has 10 aromatic rings. The van der Waals surface area contributed by atoms with Crippen molar-refractivity contribution in [1.29, 1.82) is 0 Å². The molecule has 0 radical (unpaired) electrons. The Kier molecular flexibility index (Phi) is 13.8. The number of carbonyl (C=O) groups excluding carboxylic acids is 1. The Labute approximate surface area is 425 Å². The molecule has 1 aliphatic heterocycles. The van der Waals surface area contributed by atoms with Crippen molar-refractivity contribution in [2.45, 2.75) is 57.0 Å². The monoisotopic (exact) mass is 968 g/mol. The zero-order chi connectivity index (χ0) is 49.7. The van der Waals surface area contributed by atoms with Crippen molar-refractivity contribution in [1.82, 2.24) is 43.9 Å². The van der Waals surface area contributed by atoms with Gasteiger partial charge >= 0.3 is 0 Å². The number of hydrogen-bond donors (Lipinski definition) is 2. The predicted octanol–water partition coefficient (Wildman–Crippen LogP) is 12.1. The molecule has 12 rings (SSSR count). The Balaban J connectivity index is 0.000000159. The second-order valence-electron chi connectivity index (χ2n) is 19.7. The number of ether oxygens (including phenoxy) is 1. The molecule has 1 saturated carbocycles. The summed E-state index contributed by atoms with van der Waals surface area (Å²) in [5, 5.41) is 10.2. The van der Waals surface area contributed by atoms with Crippen LogP contribution in [0.3, 0.4) is 0 Å². The van der Waals surface area contributed by atoms with E-state index in [9.17, 15) is 4.79 Å². The van der Waals surface area contributed by atoms with Crippen LogP contribution in [-0.4, -0.2) is 76.7 Å². The number of rotatable bonds is 12. The van der Waals surface area contributed by atoms with Gasteiger partial charge in [-0.15, -0.1) is 0 Å². The minimum Gasteiger partial charge on any atom is -0.378 e. The molecule has 1 amide bonds. The molecule has 0 bridgehead atoms. The van der Waals surface area contributed by atoms with Gasteiger partial charge in [0.15, 0.2) is 0 Å². The predicted molar refractivity (Wildman–Crippen MR) is 292 cm³/mol. The molecule has 73 heavy (non-hydrogen) atoms. The van der Waals surface area contributed by atoms with E-state index in [1.165, 1.54) is 59.5 Å². The van der Waals surface area contributed by atoms with Gasteiger partial charge in [-0.05, 0) is 131 Å². The zero-order valence-electron chi connectivity index (χ0n) is 41.7. The van der Waals surface area contributed by atoms with E-state index >= 15 is 0 Å². The van der Waals surface area contributed by atoms with Crippen LogP contribution in [0.1, 0.15) is 68.2 Å². The van der Waals surface area contributed by atoms with Crippen molar-refractivity contribution in [3.05, 3.63) is 170 Å². The first-order valence-corrected chi connectivity index (χ1v) is 25.6. The molecule has 2 unspecified atom stereocenters. The van der Waals surface area contributed by atoms with E-state index in [2.05, 4.69) is 151 Å². The van der Waals surface area contributed by atoms with E-state index in [1.54, 1.807) is 38.1 Å². The number of aromatic nitrogens is 8. The number of fused-ring (bicyclic) bond motifs is 4. The lowest BCUT2D eigenvalue weighted by molar-refractivity contribution is -0.136. The molecule has 0 spiro atoms. The van der Waals surface area contributed by atoms with Gasteiger partial charge in [0.05, 0.1) is 34.2 Å². The highest BCUT2D eigenvalue weighted by Gasteiger charge is 2.30. The van der Waals surface area contributed by atoms with Crippen molar-refractivity contribution in [3.63, 3.8) is 0 Å². The zero-order valence-corrected chi connectivity index (χ0v) is 41.7. The normalized spacial score (nSPS) is 15.3. The van der Waals surface area contributed by atoms with E-state index in [0.717, 1.165) is 87.2 Å². The van der Waals surface area contributed by atoms with Crippen molar-refractivity contribution < 1.29 is 9.53 Å². The maximum Gasteiger partial charge on any atom is 0.248 e. The smallest absolute Gasteiger partial charge is 0.248 e. The average molecular weight is 968 g/mol. The Morgan fingerprint density at radius 3 is 1.56 bits per heavy atom. The average Bonchev–Trinajstić information content (AvgIpc) is 4.02. The topological polar surface area (TPSA) is 141 Å². The molecule has 1 aliphatic carbocycles. The van der Waals surface area contributed by atoms with E-state index in [4.69, 9.17) is 14.7 Å². The molecule has 2 aliphatic rings. The maximum absolute atomic E-state index is 12.4. The fraction of sp³-hybridized carbons (Fsp3) is 0.283. The molecule has 13 heteroatoms. The largest absolute Gasteiger partial charge is 0.378 e. The van der Waals surface area contributed by atoms with Gasteiger partial charge in [-0.1, -0.05) is 55.7 Å². The SMILES string of the molecule is COCC(=O)N1CCC(C(Nc2cc(-c3ccc4ccn(C)c4c3)c3nccnc3c2)c2cccnc2)CC1.Cn1ccc2ccc(-c3cc(NC(c4cccnc4)C4CCCCC4)cc4nccnc34)cc21. The van der Waals surface area contributed by atoms with Gasteiger partial charge in [0.2, 0.25) is 5.91 Å². The van der Waals surface area contributed by atoms with Crippen LogP contribution in [0.4, 0.5) is 11.4 Å². The van der Waals surface area contributed by atoms with Crippen molar-refractivity contribution >= 4 is 61.2 Å². The molecule has 7 heterocycles. The number of amides is 1. The van der Waals surface area contributed by atoms with E-state index in [0.29, 0.717) is 11.8 Å². The highest BCUT2D eigenvalue weighted by Crippen LogP contribution is 2.40. The molecule has 6 aromatic heterocycles. The quantitative estimate of drug-likeness (QED) is 0.122. The summed E-state index contributed by atoms with van der Waals surface area (Å²) in [5.74, 6) is 0.981. The number of aryl methyl sites for hydroxylation is 2. The lowest BCUT2D eigenvalue weighted by Crippen LogP contribution is -2.42. The molecule has 1 saturated heterocycles. The van der Waals surface area contributed by atoms with E-state index < -0.39 is 0 Å². The third-order valence-electron chi connectivity index (χ3n) is 15.0. The molecule has 2 N–H and O–H groups in total. The van der Waals surface area contributed by atoms with Crippen LogP contribution in [0.5, 0.6) is 0 Å². The molecule has 368 valence electrons. The van der Waals surface area contributed by atoms with Gasteiger partial charge in [0, 0.05) is 130 Å². The van der Waals surface area contributed by atoms with Crippen molar-refractivity contribution in [2.24, 2.45) is 25.9 Å². The Morgan fingerprint density at radius 2 is 1.08 bits per heavy atom. The summed E-state index contributed by atoms with van der Waals surface area (Å²) < 4.78 is 9.36. The van der Waals surface area contributed by atoms with Gasteiger partial charge in [-0.2, -0.15) is 0 Å². The number of nitrogens with one attached hydrogen (secondary N) is 2. The molecule has 2 fully saturated rings. The Hall–Kier alpha value is -8.03. The summed E-state index contributed by atoms with van der Waals surface area (Å²) in [5.41, 5.74) is 14.8. The van der Waals surface area contributed by atoms with Crippen LogP contribution in [-0.2, 0) is 23.6 Å². The number of methoxy groups -OCH3 is 1. The van der Waals surface area contributed by atoms with E-state index in [1.807, 2.05) is 35.6 Å². The van der Waals surface area contributed by atoms with Crippen molar-refractivity contribution in [3.8, 4) is 22.3 Å². The number of anilines is 2. The summed E-state index contributed by atoms with van der Waals surface area (Å²) in [6.45, 7) is 1.57.